The van der Waals surface area contributed by atoms with Gasteiger partial charge in [0, 0.05) is 20.0 Å². The minimum atomic E-state index is -0.196. The first-order chi connectivity index (χ1) is 13.5. The predicted octanol–water partition coefficient (Wildman–Crippen LogP) is 2.13. The number of methoxy groups -OCH3 is 1. The summed E-state index contributed by atoms with van der Waals surface area (Å²) in [4.78, 5) is 25.7. The highest BCUT2D eigenvalue weighted by Crippen LogP contribution is 2.32. The van der Waals surface area contributed by atoms with Crippen molar-refractivity contribution in [3.63, 3.8) is 0 Å². The molecular formula is C21H24N2O5. The number of hydrogen-bond acceptors (Lipinski definition) is 5. The predicted molar refractivity (Wildman–Crippen MR) is 103 cm³/mol. The maximum Gasteiger partial charge on any atom is 0.239 e. The summed E-state index contributed by atoms with van der Waals surface area (Å²) in [7, 11) is 1.62. The lowest BCUT2D eigenvalue weighted by atomic mass is 10.1. The average Bonchev–Trinajstić information content (AvgIpc) is 3.15. The van der Waals surface area contributed by atoms with E-state index in [2.05, 4.69) is 5.32 Å². The monoisotopic (exact) mass is 384 g/mol. The van der Waals surface area contributed by atoms with Gasteiger partial charge >= 0.3 is 0 Å². The lowest BCUT2D eigenvalue weighted by molar-refractivity contribution is -0.134. The number of fused-ring (bicyclic) bond motifs is 1. The van der Waals surface area contributed by atoms with Crippen molar-refractivity contribution < 1.29 is 23.8 Å². The molecule has 3 rings (SSSR count). The molecule has 0 unspecified atom stereocenters. The van der Waals surface area contributed by atoms with Gasteiger partial charge in [0.05, 0.1) is 13.7 Å². The topological polar surface area (TPSA) is 77.1 Å². The quantitative estimate of drug-likeness (QED) is 0.755. The fraction of sp³-hybridized carbons (Fsp3) is 0.333. The second-order valence-corrected chi connectivity index (χ2v) is 6.51. The molecule has 0 atom stereocenters. The summed E-state index contributed by atoms with van der Waals surface area (Å²) in [5.74, 6) is 1.77. The molecule has 0 saturated carbocycles. The molecule has 28 heavy (non-hydrogen) atoms. The third-order valence-corrected chi connectivity index (χ3v) is 4.46. The van der Waals surface area contributed by atoms with Crippen molar-refractivity contribution in [3.8, 4) is 17.2 Å². The summed E-state index contributed by atoms with van der Waals surface area (Å²) in [5, 5.41) is 2.86. The maximum absolute atomic E-state index is 12.3. The molecule has 0 bridgehead atoms. The highest BCUT2D eigenvalue weighted by atomic mass is 16.7. The number of benzene rings is 2. The van der Waals surface area contributed by atoms with E-state index in [1.165, 1.54) is 11.8 Å². The van der Waals surface area contributed by atoms with Crippen molar-refractivity contribution >= 4 is 11.8 Å². The minimum Gasteiger partial charge on any atom is -0.497 e. The first kappa shape index (κ1) is 19.5. The fourth-order valence-electron chi connectivity index (χ4n) is 2.94. The fourth-order valence-corrected chi connectivity index (χ4v) is 2.94. The lowest BCUT2D eigenvalue weighted by Crippen LogP contribution is -2.39. The van der Waals surface area contributed by atoms with Crippen LogP contribution in [0.3, 0.4) is 0 Å². The van der Waals surface area contributed by atoms with Crippen molar-refractivity contribution in [2.24, 2.45) is 0 Å². The Bertz CT molecular complexity index is 852. The van der Waals surface area contributed by atoms with E-state index in [1.807, 2.05) is 42.5 Å². The number of hydrogen-bond donors (Lipinski definition) is 1. The number of carbonyl (C=O) groups excluding carboxylic acids is 2. The Balaban J connectivity index is 1.50. The second-order valence-electron chi connectivity index (χ2n) is 6.51. The average molecular weight is 384 g/mol. The van der Waals surface area contributed by atoms with Crippen LogP contribution >= 0.6 is 0 Å². The number of amides is 2. The van der Waals surface area contributed by atoms with E-state index in [1.54, 1.807) is 7.11 Å². The van der Waals surface area contributed by atoms with Crippen LogP contribution in [0.1, 0.15) is 18.1 Å². The molecule has 0 aromatic heterocycles. The smallest absolute Gasteiger partial charge is 0.239 e. The third kappa shape index (κ3) is 5.16. The molecule has 2 aromatic carbocycles. The molecule has 0 radical (unpaired) electrons. The van der Waals surface area contributed by atoms with E-state index < -0.39 is 0 Å². The van der Waals surface area contributed by atoms with E-state index in [-0.39, 0.29) is 25.2 Å². The largest absolute Gasteiger partial charge is 0.497 e. The molecule has 0 aliphatic carbocycles. The van der Waals surface area contributed by atoms with Gasteiger partial charge in [0.15, 0.2) is 11.5 Å². The molecule has 1 aliphatic rings. The van der Waals surface area contributed by atoms with Crippen molar-refractivity contribution in [1.29, 1.82) is 0 Å². The number of ether oxygens (including phenoxy) is 3. The number of carbonyl (C=O) groups is 2. The van der Waals surface area contributed by atoms with Crippen LogP contribution in [-0.4, -0.2) is 43.7 Å². The van der Waals surface area contributed by atoms with Gasteiger partial charge in [0.25, 0.3) is 0 Å². The number of nitrogens with one attached hydrogen (secondary N) is 1. The van der Waals surface area contributed by atoms with E-state index in [4.69, 9.17) is 14.2 Å². The third-order valence-electron chi connectivity index (χ3n) is 4.46. The summed E-state index contributed by atoms with van der Waals surface area (Å²) in [6.07, 6.45) is 0.686. The van der Waals surface area contributed by atoms with Crippen molar-refractivity contribution in [2.45, 2.75) is 19.9 Å². The normalized spacial score (nSPS) is 11.8. The van der Waals surface area contributed by atoms with Gasteiger partial charge in [0.1, 0.15) is 5.75 Å². The Morgan fingerprint density at radius 2 is 1.93 bits per heavy atom. The molecule has 7 nitrogen and oxygen atoms in total. The van der Waals surface area contributed by atoms with Gasteiger partial charge in [-0.05, 0) is 41.8 Å². The zero-order valence-corrected chi connectivity index (χ0v) is 16.1. The summed E-state index contributed by atoms with van der Waals surface area (Å²) in [6, 6.07) is 13.2. The van der Waals surface area contributed by atoms with Gasteiger partial charge in [-0.15, -0.1) is 0 Å². The Kier molecular flexibility index (Phi) is 6.37. The molecule has 2 amide bonds. The van der Waals surface area contributed by atoms with Crippen molar-refractivity contribution in [3.05, 3.63) is 53.6 Å². The van der Waals surface area contributed by atoms with Crippen LogP contribution in [0.25, 0.3) is 0 Å². The van der Waals surface area contributed by atoms with Gasteiger partial charge in [-0.1, -0.05) is 18.2 Å². The summed E-state index contributed by atoms with van der Waals surface area (Å²) in [6.45, 7) is 2.47. The number of nitrogens with zero attached hydrogens (tertiary/aromatic N) is 1. The Morgan fingerprint density at radius 3 is 2.71 bits per heavy atom. The number of rotatable bonds is 8. The van der Waals surface area contributed by atoms with Crippen LogP contribution in [0, 0.1) is 0 Å². The van der Waals surface area contributed by atoms with Crippen LogP contribution in [0.2, 0.25) is 0 Å². The Hall–Kier alpha value is -3.22. The van der Waals surface area contributed by atoms with Gasteiger partial charge < -0.3 is 24.4 Å². The first-order valence-corrected chi connectivity index (χ1v) is 9.09. The molecule has 7 heteroatoms. The highest BCUT2D eigenvalue weighted by molar-refractivity contribution is 5.83. The first-order valence-electron chi connectivity index (χ1n) is 9.09. The van der Waals surface area contributed by atoms with Crippen LogP contribution in [-0.2, 0) is 22.6 Å². The van der Waals surface area contributed by atoms with Crippen LogP contribution in [0.4, 0.5) is 0 Å². The molecule has 2 aromatic rings. The highest BCUT2D eigenvalue weighted by Gasteiger charge is 2.17. The molecule has 148 valence electrons. The summed E-state index contributed by atoms with van der Waals surface area (Å²) >= 11 is 0. The molecule has 1 heterocycles. The zero-order valence-electron chi connectivity index (χ0n) is 16.1. The lowest BCUT2D eigenvalue weighted by Gasteiger charge is -2.21. The Labute approximate surface area is 164 Å². The minimum absolute atomic E-state index is 0.00187. The molecule has 1 N–H and O–H groups in total. The van der Waals surface area contributed by atoms with Gasteiger partial charge in [-0.2, -0.15) is 0 Å². The van der Waals surface area contributed by atoms with Crippen molar-refractivity contribution in [1.82, 2.24) is 10.2 Å². The van der Waals surface area contributed by atoms with Gasteiger partial charge in [-0.3, -0.25) is 9.59 Å². The molecule has 0 fully saturated rings. The molecule has 1 aliphatic heterocycles. The van der Waals surface area contributed by atoms with Gasteiger partial charge in [-0.25, -0.2) is 0 Å². The summed E-state index contributed by atoms with van der Waals surface area (Å²) in [5.41, 5.74) is 1.95. The van der Waals surface area contributed by atoms with E-state index >= 15 is 0 Å². The van der Waals surface area contributed by atoms with E-state index in [9.17, 15) is 9.59 Å². The second kappa shape index (κ2) is 9.12. The van der Waals surface area contributed by atoms with Crippen molar-refractivity contribution in [2.75, 3.05) is 27.0 Å². The van der Waals surface area contributed by atoms with Gasteiger partial charge in [0.2, 0.25) is 18.6 Å². The molecule has 0 spiro atoms. The molecular weight excluding hydrogens is 360 g/mol. The summed E-state index contributed by atoms with van der Waals surface area (Å²) < 4.78 is 15.8. The molecule has 0 saturated heterocycles. The van der Waals surface area contributed by atoms with E-state index in [0.717, 1.165) is 16.9 Å². The van der Waals surface area contributed by atoms with Crippen LogP contribution in [0.15, 0.2) is 42.5 Å². The standard InChI is InChI=1S/C21H24N2O5/c1-15(24)23(12-17-6-7-19-20(11-17)28-14-27-19)13-21(25)22-9-8-16-4-3-5-18(10-16)26-2/h3-7,10-11H,8-9,12-14H2,1-2H3,(H,22,25). The van der Waals surface area contributed by atoms with Crippen LogP contribution < -0.4 is 19.5 Å². The van der Waals surface area contributed by atoms with E-state index in [0.29, 0.717) is 31.0 Å². The Morgan fingerprint density at radius 1 is 1.11 bits per heavy atom. The zero-order chi connectivity index (χ0) is 19.9. The maximum atomic E-state index is 12.3. The van der Waals surface area contributed by atoms with Crippen LogP contribution in [0.5, 0.6) is 17.2 Å². The SMILES string of the molecule is COc1cccc(CCNC(=O)CN(Cc2ccc3c(c2)OCO3)C(C)=O)c1.